The van der Waals surface area contributed by atoms with Crippen molar-refractivity contribution in [3.8, 4) is 28.9 Å². The van der Waals surface area contributed by atoms with Crippen LogP contribution in [0, 0.1) is 17.0 Å². The molecule has 0 saturated carbocycles. The largest absolute Gasteiger partial charge is 0.504 e. The van der Waals surface area contributed by atoms with E-state index in [1.165, 1.54) is 24.3 Å². The summed E-state index contributed by atoms with van der Waals surface area (Å²) in [4.78, 5) is 24.1. The number of carbonyl (C=O) groups is 1. The molecule has 230 valence electrons. The number of fused-ring (bicyclic) bond motifs is 1. The van der Waals surface area contributed by atoms with Crippen LogP contribution in [0.1, 0.15) is 22.3 Å². The molecule has 6 rings (SSSR count). The first kappa shape index (κ1) is 29.4. The molecule has 0 amide bonds. The smallest absolute Gasteiger partial charge is 0.326 e. The number of aliphatic imine (C=N–C) groups is 1. The van der Waals surface area contributed by atoms with Crippen molar-refractivity contribution in [2.45, 2.75) is 19.0 Å². The second kappa shape index (κ2) is 11.8. The Morgan fingerprint density at radius 3 is 2.56 bits per heavy atom. The summed E-state index contributed by atoms with van der Waals surface area (Å²) in [5.41, 5.74) is 8.52. The first-order chi connectivity index (χ1) is 21.6. The number of hydrogen-bond acceptors (Lipinski definition) is 9. The number of hydrogen-bond donors (Lipinski definition) is 4. The molecule has 5 N–H and O–H groups in total. The molecule has 11 nitrogen and oxygen atoms in total. The predicted molar refractivity (Wildman–Crippen MR) is 162 cm³/mol. The number of phenols is 1. The average Bonchev–Trinajstić information content (AvgIpc) is 3.46. The molecule has 3 heterocycles. The molecule has 0 spiro atoms. The number of carboxylic acid groups (broad SMARTS) is 1. The van der Waals surface area contributed by atoms with Gasteiger partial charge in [0.15, 0.2) is 17.3 Å². The van der Waals surface area contributed by atoms with Gasteiger partial charge in [0.25, 0.3) is 5.88 Å². The van der Waals surface area contributed by atoms with Gasteiger partial charge in [-0.15, -0.1) is 0 Å². The summed E-state index contributed by atoms with van der Waals surface area (Å²) in [5, 5.41) is 27.9. The van der Waals surface area contributed by atoms with Gasteiger partial charge < -0.3 is 35.2 Å². The number of aliphatic carboxylic acids is 1. The number of halogens is 2. The van der Waals surface area contributed by atoms with Crippen molar-refractivity contribution in [2.24, 2.45) is 10.7 Å². The number of likely N-dealkylation sites (N-methyl/N-ethyl adjacent to an activating group) is 1. The zero-order valence-corrected chi connectivity index (χ0v) is 24.0. The van der Waals surface area contributed by atoms with Gasteiger partial charge in [0.05, 0.1) is 18.3 Å². The lowest BCUT2D eigenvalue weighted by molar-refractivity contribution is -0.138. The second-order valence-electron chi connectivity index (χ2n) is 10.6. The van der Waals surface area contributed by atoms with Crippen LogP contribution in [0.15, 0.2) is 71.9 Å². The highest BCUT2D eigenvalue weighted by atomic mass is 19.1. The molecule has 0 fully saturated rings. The number of aromatic nitrogens is 1. The maximum atomic E-state index is 15.8. The lowest BCUT2D eigenvalue weighted by atomic mass is 9.93. The maximum Gasteiger partial charge on any atom is 0.326 e. The third-order valence-corrected chi connectivity index (χ3v) is 7.72. The van der Waals surface area contributed by atoms with E-state index in [1.54, 1.807) is 17.0 Å². The Hall–Kier alpha value is -5.72. The Bertz CT molecular complexity index is 1870. The fourth-order valence-electron chi connectivity index (χ4n) is 5.37. The molecule has 2 aliphatic rings. The fraction of sp³-hybridized carbons (Fsp3) is 0.188. The highest BCUT2D eigenvalue weighted by Gasteiger charge is 2.33. The minimum absolute atomic E-state index is 0.0272. The Labute approximate surface area is 256 Å². The number of nitrogens with one attached hydrogen (secondary N) is 1. The monoisotopic (exact) mass is 614 g/mol. The van der Waals surface area contributed by atoms with Crippen LogP contribution in [-0.2, 0) is 17.8 Å². The predicted octanol–water partition coefficient (Wildman–Crippen LogP) is 4.64. The number of benzene rings is 3. The summed E-state index contributed by atoms with van der Waals surface area (Å²) < 4.78 is 42.4. The van der Waals surface area contributed by atoms with Gasteiger partial charge in [-0.1, -0.05) is 24.3 Å². The number of aromatic hydroxyl groups is 1. The van der Waals surface area contributed by atoms with Gasteiger partial charge in [-0.2, -0.15) is 4.39 Å². The van der Waals surface area contributed by atoms with Crippen molar-refractivity contribution in [1.82, 2.24) is 9.88 Å². The van der Waals surface area contributed by atoms with Crippen LogP contribution in [0.4, 0.5) is 14.5 Å². The number of rotatable bonds is 8. The molecule has 4 aromatic rings. The third-order valence-electron chi connectivity index (χ3n) is 7.72. The molecular weight excluding hydrogens is 586 g/mol. The lowest BCUT2D eigenvalue weighted by Crippen LogP contribution is -2.45. The summed E-state index contributed by atoms with van der Waals surface area (Å²) in [6.07, 6.45) is 0.981. The van der Waals surface area contributed by atoms with E-state index in [2.05, 4.69) is 9.98 Å². The van der Waals surface area contributed by atoms with Gasteiger partial charge in [-0.25, -0.2) is 14.2 Å². The SMILES string of the molecule is CN1CCN=C1c1ccc(N2Cc3ccccc3CC2C(=O)O)cc1Oc1c(F)cnc(Oc2cc(C(=N)N)ccc2O)c1F. The number of pyridine rings is 1. The van der Waals surface area contributed by atoms with Gasteiger partial charge in [-0.05, 0) is 41.5 Å². The van der Waals surface area contributed by atoms with E-state index in [9.17, 15) is 15.0 Å². The van der Waals surface area contributed by atoms with Gasteiger partial charge in [-0.3, -0.25) is 10.4 Å². The minimum Gasteiger partial charge on any atom is -0.504 e. The summed E-state index contributed by atoms with van der Waals surface area (Å²) in [6, 6.07) is 15.5. The van der Waals surface area contributed by atoms with Crippen molar-refractivity contribution < 1.29 is 33.3 Å². The summed E-state index contributed by atoms with van der Waals surface area (Å²) >= 11 is 0. The number of nitrogens with two attached hydrogens (primary N) is 1. The van der Waals surface area contributed by atoms with Crippen LogP contribution < -0.4 is 20.1 Å². The molecule has 13 heteroatoms. The zero-order valence-electron chi connectivity index (χ0n) is 24.0. The van der Waals surface area contributed by atoms with E-state index >= 15 is 8.78 Å². The van der Waals surface area contributed by atoms with Crippen molar-refractivity contribution in [3.63, 3.8) is 0 Å². The topological polar surface area (TPSA) is 158 Å². The normalized spacial score (nSPS) is 15.8. The van der Waals surface area contributed by atoms with Gasteiger partial charge >= 0.3 is 5.97 Å². The molecule has 3 aromatic carbocycles. The van der Waals surface area contributed by atoms with Crippen LogP contribution in [0.25, 0.3) is 0 Å². The van der Waals surface area contributed by atoms with E-state index in [1.807, 2.05) is 36.2 Å². The maximum absolute atomic E-state index is 15.8. The third kappa shape index (κ3) is 5.67. The Morgan fingerprint density at radius 1 is 1.07 bits per heavy atom. The highest BCUT2D eigenvalue weighted by Crippen LogP contribution is 2.40. The van der Waals surface area contributed by atoms with Gasteiger partial charge in [0.2, 0.25) is 11.6 Å². The van der Waals surface area contributed by atoms with Crippen LogP contribution in [-0.4, -0.2) is 63.9 Å². The molecule has 45 heavy (non-hydrogen) atoms. The average molecular weight is 615 g/mol. The number of phenolic OH excluding ortho intramolecular Hbond substituents is 1. The number of ether oxygens (including phenoxy) is 2. The number of anilines is 1. The Kier molecular flexibility index (Phi) is 7.67. The van der Waals surface area contributed by atoms with Crippen LogP contribution in [0.2, 0.25) is 0 Å². The molecule has 1 atom stereocenters. The van der Waals surface area contributed by atoms with Crippen molar-refractivity contribution in [1.29, 1.82) is 5.41 Å². The highest BCUT2D eigenvalue weighted by molar-refractivity contribution is 6.02. The van der Waals surface area contributed by atoms with E-state index < -0.39 is 35.3 Å². The molecular formula is C32H28F2N6O5. The molecule has 0 radical (unpaired) electrons. The minimum atomic E-state index is -1.30. The number of amidine groups is 2. The van der Waals surface area contributed by atoms with E-state index in [0.717, 1.165) is 11.1 Å². The lowest BCUT2D eigenvalue weighted by Gasteiger charge is -2.36. The fourth-order valence-corrected chi connectivity index (χ4v) is 5.37. The van der Waals surface area contributed by atoms with Gasteiger partial charge in [0, 0.05) is 43.9 Å². The van der Waals surface area contributed by atoms with Crippen molar-refractivity contribution >= 4 is 23.3 Å². The summed E-state index contributed by atoms with van der Waals surface area (Å²) in [5.74, 6) is -5.37. The zero-order chi connectivity index (χ0) is 31.8. The number of nitrogen functional groups attached to an aromatic ring is 1. The first-order valence-corrected chi connectivity index (χ1v) is 13.9. The molecule has 1 unspecified atom stereocenters. The van der Waals surface area contributed by atoms with Crippen molar-refractivity contribution in [2.75, 3.05) is 25.0 Å². The first-order valence-electron chi connectivity index (χ1n) is 13.9. The standard InChI is InChI=1S/C32H28F2N6O5/c1-39-11-10-37-30(39)21-8-7-20(40-16-19-5-3-2-4-17(19)12-23(40)32(42)43)14-25(21)44-28-22(33)15-38-31(27(28)34)45-26-13-18(29(35)36)6-9-24(26)41/h2-9,13-15,23,41H,10-12,16H2,1H3,(H3,35,36)(H,42,43). The summed E-state index contributed by atoms with van der Waals surface area (Å²) in [6.45, 7) is 1.43. The molecule has 2 aliphatic heterocycles. The quantitative estimate of drug-likeness (QED) is 0.164. The van der Waals surface area contributed by atoms with Crippen LogP contribution >= 0.6 is 0 Å². The molecule has 0 aliphatic carbocycles. The molecule has 1 aromatic heterocycles. The van der Waals surface area contributed by atoms with E-state index in [-0.39, 0.29) is 35.1 Å². The molecule has 0 bridgehead atoms. The number of carboxylic acids is 1. The van der Waals surface area contributed by atoms with Crippen LogP contribution in [0.5, 0.6) is 28.9 Å². The van der Waals surface area contributed by atoms with E-state index in [4.69, 9.17) is 20.6 Å². The number of nitrogens with zero attached hydrogens (tertiary/aromatic N) is 4. The van der Waals surface area contributed by atoms with E-state index in [0.29, 0.717) is 42.9 Å². The Morgan fingerprint density at radius 2 is 1.84 bits per heavy atom. The van der Waals surface area contributed by atoms with Crippen molar-refractivity contribution in [3.05, 3.63) is 101 Å². The van der Waals surface area contributed by atoms with Gasteiger partial charge in [0.1, 0.15) is 23.5 Å². The Balaban J connectivity index is 1.41. The second-order valence-corrected chi connectivity index (χ2v) is 10.6. The van der Waals surface area contributed by atoms with Crippen LogP contribution in [0.3, 0.4) is 0 Å². The summed E-state index contributed by atoms with van der Waals surface area (Å²) in [7, 11) is 1.83. The molecule has 0 saturated heterocycles.